The molecule has 0 fully saturated rings. The van der Waals surface area contributed by atoms with Gasteiger partial charge in [0.15, 0.2) is 5.96 Å². The molecule has 6 nitrogen and oxygen atoms in total. The van der Waals surface area contributed by atoms with E-state index in [1.54, 1.807) is 7.05 Å². The van der Waals surface area contributed by atoms with E-state index in [4.69, 9.17) is 0 Å². The smallest absolute Gasteiger partial charge is 0.239 e. The number of carbonyl (C=O) groups is 1. The number of nitrogens with zero attached hydrogens (tertiary/aromatic N) is 1. The van der Waals surface area contributed by atoms with Crippen LogP contribution in [-0.4, -0.2) is 42.5 Å². The summed E-state index contributed by atoms with van der Waals surface area (Å²) in [5, 5.41) is 10.5. The van der Waals surface area contributed by atoms with Crippen LogP contribution in [0.1, 0.15) is 31.9 Å². The highest BCUT2D eigenvalue weighted by Crippen LogP contribution is 2.21. The molecule has 1 amide bonds. The Morgan fingerprint density at radius 1 is 1.24 bits per heavy atom. The second kappa shape index (κ2) is 8.05. The van der Waals surface area contributed by atoms with Gasteiger partial charge in [0.25, 0.3) is 0 Å². The maximum absolute atomic E-state index is 11.9. The number of hydrogen-bond acceptors (Lipinski definition) is 2. The number of carbonyl (C=O) groups excluding carboxylic acids is 1. The normalized spacial score (nSPS) is 12.3. The van der Waals surface area contributed by atoms with Gasteiger partial charge in [0.2, 0.25) is 5.91 Å². The highest BCUT2D eigenvalue weighted by molar-refractivity contribution is 5.87. The standard InChI is InChI=1S/C19H29N5O/c1-13-7-6-8-15-14(11-22-17(13)15)9-10-21-18(20-5)23-12-16(25)24-19(2,3)4/h6-8,11,22H,9-10,12H2,1-5H3,(H,24,25)(H2,20,21,23). The first-order valence-corrected chi connectivity index (χ1v) is 8.61. The van der Waals surface area contributed by atoms with Gasteiger partial charge in [-0.15, -0.1) is 0 Å². The molecule has 1 aromatic carbocycles. The van der Waals surface area contributed by atoms with Crippen LogP contribution in [0.3, 0.4) is 0 Å². The van der Waals surface area contributed by atoms with Crippen LogP contribution >= 0.6 is 0 Å². The Morgan fingerprint density at radius 2 is 2.00 bits per heavy atom. The lowest BCUT2D eigenvalue weighted by Gasteiger charge is -2.21. The van der Waals surface area contributed by atoms with E-state index in [1.807, 2.05) is 20.8 Å². The van der Waals surface area contributed by atoms with E-state index in [0.29, 0.717) is 5.96 Å². The zero-order chi connectivity index (χ0) is 18.4. The Morgan fingerprint density at radius 3 is 2.68 bits per heavy atom. The fourth-order valence-corrected chi connectivity index (χ4v) is 2.73. The van der Waals surface area contributed by atoms with Gasteiger partial charge in [0, 0.05) is 36.2 Å². The number of H-pyrrole nitrogens is 1. The molecule has 0 atom stereocenters. The van der Waals surface area contributed by atoms with E-state index in [9.17, 15) is 4.79 Å². The summed E-state index contributed by atoms with van der Waals surface area (Å²) in [6, 6.07) is 6.32. The predicted molar refractivity (Wildman–Crippen MR) is 104 cm³/mol. The summed E-state index contributed by atoms with van der Waals surface area (Å²) < 4.78 is 0. The van der Waals surface area contributed by atoms with Crippen LogP contribution in [0.2, 0.25) is 0 Å². The topological polar surface area (TPSA) is 81.3 Å². The molecule has 0 aliphatic rings. The SMILES string of the molecule is CN=C(NCCc1c[nH]c2c(C)cccc12)NCC(=O)NC(C)(C)C. The van der Waals surface area contributed by atoms with Crippen LogP contribution in [-0.2, 0) is 11.2 Å². The van der Waals surface area contributed by atoms with Gasteiger partial charge < -0.3 is 20.9 Å². The molecule has 0 aliphatic carbocycles. The highest BCUT2D eigenvalue weighted by Gasteiger charge is 2.13. The maximum Gasteiger partial charge on any atom is 0.239 e. The summed E-state index contributed by atoms with van der Waals surface area (Å²) >= 11 is 0. The fourth-order valence-electron chi connectivity index (χ4n) is 2.73. The van der Waals surface area contributed by atoms with Gasteiger partial charge in [0.1, 0.15) is 0 Å². The van der Waals surface area contributed by atoms with Gasteiger partial charge in [-0.25, -0.2) is 0 Å². The molecule has 0 unspecified atom stereocenters. The third-order valence-electron chi connectivity index (χ3n) is 3.85. The number of nitrogens with one attached hydrogen (secondary N) is 4. The van der Waals surface area contributed by atoms with E-state index in [-0.39, 0.29) is 18.0 Å². The van der Waals surface area contributed by atoms with E-state index in [0.717, 1.165) is 13.0 Å². The van der Waals surface area contributed by atoms with Gasteiger partial charge in [-0.05, 0) is 45.2 Å². The number of fused-ring (bicyclic) bond motifs is 1. The lowest BCUT2D eigenvalue weighted by atomic mass is 10.1. The van der Waals surface area contributed by atoms with E-state index >= 15 is 0 Å². The minimum atomic E-state index is -0.233. The lowest BCUT2D eigenvalue weighted by Crippen LogP contribution is -2.48. The molecule has 0 bridgehead atoms. The second-order valence-corrected chi connectivity index (χ2v) is 7.21. The Bertz CT molecular complexity index is 755. The summed E-state index contributed by atoms with van der Waals surface area (Å²) in [6.07, 6.45) is 2.94. The second-order valence-electron chi connectivity index (χ2n) is 7.21. The van der Waals surface area contributed by atoms with Crippen molar-refractivity contribution in [2.45, 2.75) is 39.7 Å². The zero-order valence-corrected chi connectivity index (χ0v) is 15.8. The minimum Gasteiger partial charge on any atom is -0.361 e. The molecule has 2 aromatic rings. The maximum atomic E-state index is 11.9. The molecule has 0 saturated heterocycles. The molecule has 0 radical (unpaired) electrons. The van der Waals surface area contributed by atoms with Gasteiger partial charge >= 0.3 is 0 Å². The first-order valence-electron chi connectivity index (χ1n) is 8.61. The number of guanidine groups is 1. The number of amides is 1. The number of aryl methyl sites for hydroxylation is 1. The molecule has 1 aromatic heterocycles. The Balaban J connectivity index is 1.83. The molecule has 0 saturated carbocycles. The summed E-state index contributed by atoms with van der Waals surface area (Å²) in [5.74, 6) is 0.572. The molecule has 2 rings (SSSR count). The summed E-state index contributed by atoms with van der Waals surface area (Å²) in [4.78, 5) is 19.4. The van der Waals surface area contributed by atoms with Crippen LogP contribution < -0.4 is 16.0 Å². The molecule has 6 heteroatoms. The number of aliphatic imine (C=N–C) groups is 1. The summed E-state index contributed by atoms with van der Waals surface area (Å²) in [6.45, 7) is 8.92. The predicted octanol–water partition coefficient (Wildman–Crippen LogP) is 2.10. The van der Waals surface area contributed by atoms with Gasteiger partial charge in [-0.1, -0.05) is 18.2 Å². The molecule has 136 valence electrons. The van der Waals surface area contributed by atoms with Crippen LogP contribution in [0.4, 0.5) is 0 Å². The quantitative estimate of drug-likeness (QED) is 0.496. The minimum absolute atomic E-state index is 0.0532. The van der Waals surface area contributed by atoms with Crippen molar-refractivity contribution in [1.29, 1.82) is 0 Å². The van der Waals surface area contributed by atoms with Crippen LogP contribution in [0.5, 0.6) is 0 Å². The van der Waals surface area contributed by atoms with Crippen molar-refractivity contribution in [2.75, 3.05) is 20.1 Å². The molecular weight excluding hydrogens is 314 g/mol. The average Bonchev–Trinajstić information content (AvgIpc) is 2.93. The van der Waals surface area contributed by atoms with Gasteiger partial charge in [0.05, 0.1) is 6.54 Å². The van der Waals surface area contributed by atoms with Crippen LogP contribution in [0, 0.1) is 6.92 Å². The number of aromatic nitrogens is 1. The lowest BCUT2D eigenvalue weighted by molar-refractivity contribution is -0.121. The summed E-state index contributed by atoms with van der Waals surface area (Å²) in [7, 11) is 1.70. The number of benzene rings is 1. The molecule has 0 aliphatic heterocycles. The zero-order valence-electron chi connectivity index (χ0n) is 15.8. The number of rotatable bonds is 5. The fraction of sp³-hybridized carbons (Fsp3) is 0.474. The number of hydrogen-bond donors (Lipinski definition) is 4. The van der Waals surface area contributed by atoms with Crippen molar-refractivity contribution in [2.24, 2.45) is 4.99 Å². The molecule has 4 N–H and O–H groups in total. The third kappa shape index (κ3) is 5.52. The Labute approximate surface area is 149 Å². The summed E-state index contributed by atoms with van der Waals surface area (Å²) in [5.41, 5.74) is 3.48. The van der Waals surface area contributed by atoms with E-state index < -0.39 is 0 Å². The van der Waals surface area contributed by atoms with Gasteiger partial charge in [-0.2, -0.15) is 0 Å². The Hall–Kier alpha value is -2.50. The number of para-hydroxylation sites is 1. The van der Waals surface area contributed by atoms with Crippen molar-refractivity contribution in [3.05, 3.63) is 35.5 Å². The van der Waals surface area contributed by atoms with Crippen molar-refractivity contribution in [3.63, 3.8) is 0 Å². The van der Waals surface area contributed by atoms with E-state index in [1.165, 1.54) is 22.0 Å². The van der Waals surface area contributed by atoms with Gasteiger partial charge in [-0.3, -0.25) is 9.79 Å². The first-order chi connectivity index (χ1) is 11.8. The van der Waals surface area contributed by atoms with E-state index in [2.05, 4.69) is 57.2 Å². The Kier molecular flexibility index (Phi) is 6.07. The molecule has 1 heterocycles. The van der Waals surface area contributed by atoms with Crippen molar-refractivity contribution in [3.8, 4) is 0 Å². The average molecular weight is 343 g/mol. The first kappa shape index (κ1) is 18.8. The third-order valence-corrected chi connectivity index (χ3v) is 3.85. The number of aromatic amines is 1. The van der Waals surface area contributed by atoms with Crippen molar-refractivity contribution >= 4 is 22.8 Å². The van der Waals surface area contributed by atoms with Crippen molar-refractivity contribution < 1.29 is 4.79 Å². The van der Waals surface area contributed by atoms with Crippen molar-refractivity contribution in [1.82, 2.24) is 20.9 Å². The molecular formula is C19H29N5O. The molecule has 25 heavy (non-hydrogen) atoms. The van der Waals surface area contributed by atoms with Crippen LogP contribution in [0.15, 0.2) is 29.4 Å². The highest BCUT2D eigenvalue weighted by atomic mass is 16.2. The largest absolute Gasteiger partial charge is 0.361 e. The van der Waals surface area contributed by atoms with Crippen LogP contribution in [0.25, 0.3) is 10.9 Å². The monoisotopic (exact) mass is 343 g/mol. The molecule has 0 spiro atoms.